The average molecular weight is 381 g/mol. The van der Waals surface area contributed by atoms with Gasteiger partial charge in [-0.25, -0.2) is 0 Å². The van der Waals surface area contributed by atoms with Crippen LogP contribution in [0, 0.1) is 21.4 Å². The van der Waals surface area contributed by atoms with Gasteiger partial charge in [0.15, 0.2) is 0 Å². The fourth-order valence-electron chi connectivity index (χ4n) is 3.12. The third kappa shape index (κ3) is 3.94. The van der Waals surface area contributed by atoms with Crippen LogP contribution in [-0.4, -0.2) is 41.6 Å². The van der Waals surface area contributed by atoms with Crippen molar-refractivity contribution in [2.24, 2.45) is 0 Å². The minimum Gasteiger partial charge on any atom is -0.478 e. The van der Waals surface area contributed by atoms with E-state index < -0.39 is 11.0 Å². The lowest BCUT2D eigenvalue weighted by molar-refractivity contribution is -0.384. The first-order valence-corrected chi connectivity index (χ1v) is 8.84. The van der Waals surface area contributed by atoms with Crippen molar-refractivity contribution < 1.29 is 19.2 Å². The SMILES string of the molecule is CCOCCN1C(=O)[C@@H](Oc2cccc(C#N)c2)[C@@H]1c1ccc([N+](=O)[O-])cc1. The number of likely N-dealkylation sites (tertiary alicyclic amines) is 1. The zero-order valence-corrected chi connectivity index (χ0v) is 15.3. The largest absolute Gasteiger partial charge is 0.478 e. The fraction of sp³-hybridized carbons (Fsp3) is 0.300. The van der Waals surface area contributed by atoms with Crippen molar-refractivity contribution >= 4 is 11.6 Å². The number of hydrogen-bond donors (Lipinski definition) is 0. The van der Waals surface area contributed by atoms with Crippen molar-refractivity contribution in [1.82, 2.24) is 4.90 Å². The molecule has 1 amide bonds. The normalized spacial score (nSPS) is 18.3. The second-order valence-electron chi connectivity index (χ2n) is 6.20. The summed E-state index contributed by atoms with van der Waals surface area (Å²) >= 11 is 0. The molecule has 0 aliphatic carbocycles. The van der Waals surface area contributed by atoms with E-state index in [2.05, 4.69) is 0 Å². The molecule has 1 saturated heterocycles. The number of amides is 1. The zero-order valence-electron chi connectivity index (χ0n) is 15.3. The number of nitro benzene ring substituents is 1. The molecule has 8 heteroatoms. The molecule has 3 rings (SSSR count). The van der Waals surface area contributed by atoms with Crippen molar-refractivity contribution in [2.45, 2.75) is 19.1 Å². The molecule has 28 heavy (non-hydrogen) atoms. The molecule has 0 saturated carbocycles. The summed E-state index contributed by atoms with van der Waals surface area (Å²) in [5.41, 5.74) is 1.15. The van der Waals surface area contributed by atoms with Gasteiger partial charge in [-0.1, -0.05) is 6.07 Å². The monoisotopic (exact) mass is 381 g/mol. The Labute approximate surface area is 162 Å². The molecule has 2 aromatic rings. The standard InChI is InChI=1S/C20H19N3O5/c1-2-27-11-10-22-18(15-6-8-16(9-7-15)23(25)26)19(20(22)24)28-17-5-3-4-14(12-17)13-21/h3-9,12,18-19H,2,10-11H2,1H3/t18-,19-/m0/s1. The van der Waals surface area contributed by atoms with Crippen LogP contribution in [0.1, 0.15) is 24.1 Å². The van der Waals surface area contributed by atoms with E-state index in [4.69, 9.17) is 14.7 Å². The number of nitriles is 1. The molecule has 8 nitrogen and oxygen atoms in total. The molecule has 2 atom stereocenters. The summed E-state index contributed by atoms with van der Waals surface area (Å²) in [5, 5.41) is 19.9. The minimum atomic E-state index is -0.767. The van der Waals surface area contributed by atoms with Gasteiger partial charge in [0.1, 0.15) is 11.8 Å². The zero-order chi connectivity index (χ0) is 20.1. The van der Waals surface area contributed by atoms with E-state index >= 15 is 0 Å². The molecule has 144 valence electrons. The van der Waals surface area contributed by atoms with E-state index in [1.807, 2.05) is 13.0 Å². The predicted octanol–water partition coefficient (Wildman–Crippen LogP) is 2.83. The van der Waals surface area contributed by atoms with Crippen LogP contribution in [0.25, 0.3) is 0 Å². The van der Waals surface area contributed by atoms with Gasteiger partial charge < -0.3 is 14.4 Å². The summed E-state index contributed by atoms with van der Waals surface area (Å²) in [4.78, 5) is 24.7. The van der Waals surface area contributed by atoms with Crippen LogP contribution in [0.5, 0.6) is 5.75 Å². The Bertz CT molecular complexity index is 907. The molecule has 0 bridgehead atoms. The summed E-state index contributed by atoms with van der Waals surface area (Å²) in [5.74, 6) is 0.235. The lowest BCUT2D eigenvalue weighted by Crippen LogP contribution is -2.61. The Kier molecular flexibility index (Phi) is 5.87. The second kappa shape index (κ2) is 8.50. The average Bonchev–Trinajstić information content (AvgIpc) is 2.72. The quantitative estimate of drug-likeness (QED) is 0.301. The van der Waals surface area contributed by atoms with E-state index in [1.54, 1.807) is 41.3 Å². The Morgan fingerprint density at radius 3 is 2.64 bits per heavy atom. The highest BCUT2D eigenvalue weighted by molar-refractivity contribution is 5.89. The number of hydrogen-bond acceptors (Lipinski definition) is 6. The Hall–Kier alpha value is -3.44. The maximum atomic E-state index is 12.6. The van der Waals surface area contributed by atoms with Crippen LogP contribution in [0.3, 0.4) is 0 Å². The van der Waals surface area contributed by atoms with Gasteiger partial charge in [-0.2, -0.15) is 5.26 Å². The number of carbonyl (C=O) groups is 1. The Morgan fingerprint density at radius 1 is 1.25 bits per heavy atom. The van der Waals surface area contributed by atoms with Crippen molar-refractivity contribution in [3.8, 4) is 11.8 Å². The molecule has 1 aliphatic heterocycles. The van der Waals surface area contributed by atoms with E-state index in [9.17, 15) is 14.9 Å². The highest BCUT2D eigenvalue weighted by Crippen LogP contribution is 2.38. The number of carbonyl (C=O) groups excluding carboxylic acids is 1. The molecule has 0 radical (unpaired) electrons. The maximum absolute atomic E-state index is 12.6. The van der Waals surface area contributed by atoms with Gasteiger partial charge in [-0.05, 0) is 42.8 Å². The highest BCUT2D eigenvalue weighted by Gasteiger charge is 2.49. The van der Waals surface area contributed by atoms with E-state index in [0.29, 0.717) is 31.1 Å². The predicted molar refractivity (Wildman–Crippen MR) is 99.6 cm³/mol. The molecule has 1 heterocycles. The molecule has 2 aromatic carbocycles. The summed E-state index contributed by atoms with van der Waals surface area (Å²) in [6.07, 6.45) is -0.767. The van der Waals surface area contributed by atoms with Gasteiger partial charge in [0.05, 0.1) is 23.2 Å². The van der Waals surface area contributed by atoms with Crippen LogP contribution in [0.4, 0.5) is 5.69 Å². The van der Waals surface area contributed by atoms with Crippen LogP contribution >= 0.6 is 0 Å². The van der Waals surface area contributed by atoms with Crippen molar-refractivity contribution in [3.05, 3.63) is 69.8 Å². The fourth-order valence-corrected chi connectivity index (χ4v) is 3.12. The number of rotatable bonds is 8. The topological polar surface area (TPSA) is 106 Å². The third-order valence-corrected chi connectivity index (χ3v) is 4.50. The molecular formula is C20H19N3O5. The number of benzene rings is 2. The van der Waals surface area contributed by atoms with Gasteiger partial charge >= 0.3 is 0 Å². The number of non-ortho nitro benzene ring substituents is 1. The first kappa shape index (κ1) is 19.3. The van der Waals surface area contributed by atoms with Crippen LogP contribution in [0.2, 0.25) is 0 Å². The number of ether oxygens (including phenoxy) is 2. The lowest BCUT2D eigenvalue weighted by Gasteiger charge is -2.46. The van der Waals surface area contributed by atoms with Crippen molar-refractivity contribution in [2.75, 3.05) is 19.8 Å². The Morgan fingerprint density at radius 2 is 2.00 bits per heavy atom. The van der Waals surface area contributed by atoms with Gasteiger partial charge in [0.2, 0.25) is 6.10 Å². The van der Waals surface area contributed by atoms with E-state index in [-0.39, 0.29) is 17.6 Å². The molecule has 1 aliphatic rings. The van der Waals surface area contributed by atoms with Crippen molar-refractivity contribution in [1.29, 1.82) is 5.26 Å². The Balaban J connectivity index is 1.83. The minimum absolute atomic E-state index is 0.0190. The summed E-state index contributed by atoms with van der Waals surface area (Å²) in [7, 11) is 0. The molecule has 0 aromatic heterocycles. The van der Waals surface area contributed by atoms with Crippen LogP contribution in [-0.2, 0) is 9.53 Å². The lowest BCUT2D eigenvalue weighted by atomic mass is 9.90. The number of β-lactam (4-membered cyclic amide) rings is 1. The summed E-state index contributed by atoms with van der Waals surface area (Å²) in [6, 6.07) is 14.3. The van der Waals surface area contributed by atoms with Gasteiger partial charge in [-0.15, -0.1) is 0 Å². The van der Waals surface area contributed by atoms with Crippen LogP contribution in [0.15, 0.2) is 48.5 Å². The first-order chi connectivity index (χ1) is 13.5. The van der Waals surface area contributed by atoms with Gasteiger partial charge in [0, 0.05) is 25.3 Å². The number of nitrogens with zero attached hydrogens (tertiary/aromatic N) is 3. The molecule has 1 fully saturated rings. The molecular weight excluding hydrogens is 362 g/mol. The second-order valence-corrected chi connectivity index (χ2v) is 6.20. The smallest absolute Gasteiger partial charge is 0.269 e. The highest BCUT2D eigenvalue weighted by atomic mass is 16.6. The van der Waals surface area contributed by atoms with E-state index in [1.165, 1.54) is 12.1 Å². The number of nitro groups is 1. The molecule has 0 unspecified atom stereocenters. The van der Waals surface area contributed by atoms with Crippen LogP contribution < -0.4 is 4.74 Å². The summed E-state index contributed by atoms with van der Waals surface area (Å²) < 4.78 is 11.2. The third-order valence-electron chi connectivity index (χ3n) is 4.50. The first-order valence-electron chi connectivity index (χ1n) is 8.84. The van der Waals surface area contributed by atoms with Gasteiger partial charge in [-0.3, -0.25) is 14.9 Å². The van der Waals surface area contributed by atoms with Gasteiger partial charge in [0.25, 0.3) is 11.6 Å². The molecule has 0 spiro atoms. The maximum Gasteiger partial charge on any atom is 0.269 e. The van der Waals surface area contributed by atoms with E-state index in [0.717, 1.165) is 5.56 Å². The molecule has 0 N–H and O–H groups in total. The summed E-state index contributed by atoms with van der Waals surface area (Å²) in [6.45, 7) is 3.21. The van der Waals surface area contributed by atoms with Crippen molar-refractivity contribution in [3.63, 3.8) is 0 Å².